The van der Waals surface area contributed by atoms with Crippen molar-refractivity contribution >= 4 is 23.6 Å². The van der Waals surface area contributed by atoms with Crippen LogP contribution in [0.1, 0.15) is 37.4 Å². The molecule has 2 heterocycles. The number of rotatable bonds is 3. The van der Waals surface area contributed by atoms with Gasteiger partial charge in [-0.25, -0.2) is 14.6 Å². The minimum Gasteiger partial charge on any atom is -0.508 e. The third kappa shape index (κ3) is 3.52. The Morgan fingerprint density at radius 1 is 0.865 bits per heavy atom. The van der Waals surface area contributed by atoms with Gasteiger partial charge in [0.2, 0.25) is 0 Å². The van der Waals surface area contributed by atoms with Crippen LogP contribution in [0.2, 0.25) is 0 Å². The fraction of sp³-hybridized carbons (Fsp3) is 0.0357. The summed E-state index contributed by atoms with van der Waals surface area (Å²) in [6, 6.07) is 22.8. The first-order valence-corrected chi connectivity index (χ1v) is 11.3. The van der Waals surface area contributed by atoms with E-state index in [0.29, 0.717) is 45.0 Å². The van der Waals surface area contributed by atoms with Crippen LogP contribution in [0, 0.1) is 0 Å². The van der Waals surface area contributed by atoms with Gasteiger partial charge >= 0.3 is 11.9 Å². The summed E-state index contributed by atoms with van der Waals surface area (Å²) in [5.74, 6) is -0.157. The summed E-state index contributed by atoms with van der Waals surface area (Å²) in [5, 5.41) is 10.2. The molecule has 4 aromatic carbocycles. The van der Waals surface area contributed by atoms with Crippen molar-refractivity contribution in [2.24, 2.45) is 16.5 Å². The van der Waals surface area contributed by atoms with E-state index in [9.17, 15) is 14.7 Å². The number of benzene rings is 4. The lowest BCUT2D eigenvalue weighted by molar-refractivity contribution is 0.0224. The van der Waals surface area contributed by atoms with E-state index in [-0.39, 0.29) is 17.5 Å². The van der Waals surface area contributed by atoms with E-state index in [4.69, 9.17) is 25.7 Å². The molecule has 5 N–H and O–H groups in total. The lowest BCUT2D eigenvalue weighted by Gasteiger charge is -2.36. The van der Waals surface area contributed by atoms with E-state index in [2.05, 4.69) is 4.99 Å². The molecule has 0 aliphatic carbocycles. The van der Waals surface area contributed by atoms with Crippen LogP contribution in [-0.2, 0) is 10.3 Å². The summed E-state index contributed by atoms with van der Waals surface area (Å²) < 4.78 is 17.8. The lowest BCUT2D eigenvalue weighted by Crippen LogP contribution is -2.33. The second-order valence-corrected chi connectivity index (χ2v) is 8.53. The molecule has 9 heteroatoms. The Labute approximate surface area is 210 Å². The first-order valence-electron chi connectivity index (χ1n) is 11.3. The molecule has 6 rings (SSSR count). The number of nitrogens with two attached hydrogens (primary N) is 2. The molecule has 1 spiro atoms. The van der Waals surface area contributed by atoms with Gasteiger partial charge in [-0.3, -0.25) is 0 Å². The number of esters is 2. The smallest absolute Gasteiger partial charge is 0.343 e. The summed E-state index contributed by atoms with van der Waals surface area (Å²) >= 11 is 0. The molecule has 37 heavy (non-hydrogen) atoms. The second kappa shape index (κ2) is 8.13. The Hall–Kier alpha value is -5.31. The minimum atomic E-state index is -1.33. The SMILES string of the molecule is NC(N)=Nc1ccc(C(=O)Oc2ccc3c(c2)Oc2ccccc2C32OC(=O)c3ccc(O)cc32)cc1. The van der Waals surface area contributed by atoms with Crippen molar-refractivity contribution in [1.29, 1.82) is 0 Å². The molecular formula is C28H19N3O6. The maximum absolute atomic E-state index is 12.9. The van der Waals surface area contributed by atoms with E-state index >= 15 is 0 Å². The third-order valence-corrected chi connectivity index (χ3v) is 6.24. The van der Waals surface area contributed by atoms with Crippen LogP contribution >= 0.6 is 0 Å². The maximum Gasteiger partial charge on any atom is 0.343 e. The second-order valence-electron chi connectivity index (χ2n) is 8.53. The number of aliphatic imine (C=N–C) groups is 1. The Kier molecular flexibility index (Phi) is 4.87. The van der Waals surface area contributed by atoms with Crippen molar-refractivity contribution < 1.29 is 28.9 Å². The number of guanidine groups is 1. The average Bonchev–Trinajstić information content (AvgIpc) is 3.16. The molecule has 0 bridgehead atoms. The van der Waals surface area contributed by atoms with Gasteiger partial charge in [0, 0.05) is 22.8 Å². The molecule has 0 fully saturated rings. The van der Waals surface area contributed by atoms with Gasteiger partial charge in [0.15, 0.2) is 11.6 Å². The van der Waals surface area contributed by atoms with E-state index in [1.807, 2.05) is 12.1 Å². The van der Waals surface area contributed by atoms with Crippen LogP contribution in [-0.4, -0.2) is 23.0 Å². The van der Waals surface area contributed by atoms with Crippen LogP contribution in [0.15, 0.2) is 89.9 Å². The van der Waals surface area contributed by atoms with Gasteiger partial charge in [0.25, 0.3) is 0 Å². The number of carbonyl (C=O) groups excluding carboxylic acids is 2. The molecule has 1 atom stereocenters. The Morgan fingerprint density at radius 3 is 2.41 bits per heavy atom. The Morgan fingerprint density at radius 2 is 1.62 bits per heavy atom. The summed E-state index contributed by atoms with van der Waals surface area (Å²) in [4.78, 5) is 29.6. The maximum atomic E-state index is 12.9. The highest BCUT2D eigenvalue weighted by Gasteiger charge is 2.53. The monoisotopic (exact) mass is 493 g/mol. The standard InChI is InChI=1S/C28H19N3O6/c29-27(30)31-16-7-5-15(6-8-16)25(33)35-18-10-12-21-24(14-18)36-23-4-2-1-3-20(23)28(21)22-13-17(32)9-11-19(22)26(34)37-28/h1-14,32H,(H4,29,30,31). The first kappa shape index (κ1) is 22.2. The quantitative estimate of drug-likeness (QED) is 0.167. The topological polar surface area (TPSA) is 146 Å². The molecule has 0 amide bonds. The van der Waals surface area contributed by atoms with Crippen LogP contribution < -0.4 is 20.9 Å². The molecule has 9 nitrogen and oxygen atoms in total. The predicted octanol–water partition coefficient (Wildman–Crippen LogP) is 4.08. The van der Waals surface area contributed by atoms with E-state index in [0.717, 1.165) is 0 Å². The molecule has 182 valence electrons. The molecule has 2 aliphatic rings. The van der Waals surface area contributed by atoms with Crippen molar-refractivity contribution in [2.75, 3.05) is 0 Å². The van der Waals surface area contributed by atoms with Gasteiger partial charge in [0.1, 0.15) is 23.0 Å². The van der Waals surface area contributed by atoms with Crippen molar-refractivity contribution in [3.8, 4) is 23.0 Å². The van der Waals surface area contributed by atoms with Gasteiger partial charge in [-0.05, 0) is 60.7 Å². The Bertz CT molecular complexity index is 1630. The van der Waals surface area contributed by atoms with Crippen LogP contribution in [0.3, 0.4) is 0 Å². The molecule has 0 aromatic heterocycles. The summed E-state index contributed by atoms with van der Waals surface area (Å²) in [5.41, 5.74) is 12.2. The first-order chi connectivity index (χ1) is 17.8. The molecule has 2 aliphatic heterocycles. The summed E-state index contributed by atoms with van der Waals surface area (Å²) in [6.07, 6.45) is 0. The molecule has 1 unspecified atom stereocenters. The summed E-state index contributed by atoms with van der Waals surface area (Å²) in [6.45, 7) is 0. The third-order valence-electron chi connectivity index (χ3n) is 6.24. The number of hydrogen-bond donors (Lipinski definition) is 3. The van der Waals surface area contributed by atoms with Crippen molar-refractivity contribution in [3.63, 3.8) is 0 Å². The van der Waals surface area contributed by atoms with Gasteiger partial charge in [-0.2, -0.15) is 0 Å². The number of hydrogen-bond acceptors (Lipinski definition) is 7. The predicted molar refractivity (Wildman–Crippen MR) is 133 cm³/mol. The van der Waals surface area contributed by atoms with E-state index in [1.54, 1.807) is 54.6 Å². The number of fused-ring (bicyclic) bond motifs is 6. The average molecular weight is 493 g/mol. The lowest BCUT2D eigenvalue weighted by atomic mass is 9.77. The van der Waals surface area contributed by atoms with Gasteiger partial charge in [0.05, 0.1) is 16.8 Å². The van der Waals surface area contributed by atoms with Crippen LogP contribution in [0.5, 0.6) is 23.0 Å². The number of ether oxygens (including phenoxy) is 3. The minimum absolute atomic E-state index is 0.00152. The summed E-state index contributed by atoms with van der Waals surface area (Å²) in [7, 11) is 0. The van der Waals surface area contributed by atoms with Gasteiger partial charge < -0.3 is 30.8 Å². The zero-order valence-electron chi connectivity index (χ0n) is 19.2. The number of nitrogens with zero attached hydrogens (tertiary/aromatic N) is 1. The number of phenols is 1. The normalized spacial score (nSPS) is 16.6. The fourth-order valence-corrected chi connectivity index (χ4v) is 4.69. The molecule has 4 aromatic rings. The molecule has 0 saturated carbocycles. The Balaban J connectivity index is 1.40. The highest BCUT2D eigenvalue weighted by atomic mass is 16.6. The zero-order chi connectivity index (χ0) is 25.7. The van der Waals surface area contributed by atoms with E-state index < -0.39 is 17.5 Å². The van der Waals surface area contributed by atoms with Crippen molar-refractivity contribution in [2.45, 2.75) is 5.60 Å². The van der Waals surface area contributed by atoms with Crippen LogP contribution in [0.25, 0.3) is 0 Å². The van der Waals surface area contributed by atoms with Crippen molar-refractivity contribution in [3.05, 3.63) is 113 Å². The number of aromatic hydroxyl groups is 1. The number of para-hydroxylation sites is 1. The highest BCUT2D eigenvalue weighted by Crippen LogP contribution is 2.56. The van der Waals surface area contributed by atoms with Gasteiger partial charge in [-0.1, -0.05) is 18.2 Å². The van der Waals surface area contributed by atoms with Crippen molar-refractivity contribution in [1.82, 2.24) is 0 Å². The fourth-order valence-electron chi connectivity index (χ4n) is 4.69. The highest BCUT2D eigenvalue weighted by molar-refractivity contribution is 5.97. The molecular weight excluding hydrogens is 474 g/mol. The zero-order valence-corrected chi connectivity index (χ0v) is 19.2. The van der Waals surface area contributed by atoms with Crippen LogP contribution in [0.4, 0.5) is 5.69 Å². The van der Waals surface area contributed by atoms with E-state index in [1.165, 1.54) is 18.2 Å². The molecule has 0 saturated heterocycles. The van der Waals surface area contributed by atoms with Gasteiger partial charge in [-0.15, -0.1) is 0 Å². The number of carbonyl (C=O) groups is 2. The molecule has 0 radical (unpaired) electrons. The number of phenolic OH excluding ortho intramolecular Hbond substituents is 1. The largest absolute Gasteiger partial charge is 0.508 e.